The van der Waals surface area contributed by atoms with Gasteiger partial charge in [0.1, 0.15) is 0 Å². The van der Waals surface area contributed by atoms with Gasteiger partial charge in [0, 0.05) is 56.6 Å². The minimum absolute atomic E-state index is 0.215. The topological polar surface area (TPSA) is 64.8 Å². The predicted octanol–water partition coefficient (Wildman–Crippen LogP) is 0.865. The summed E-state index contributed by atoms with van der Waals surface area (Å²) in [6, 6.07) is 6.77. The molecule has 1 atom stereocenters. The molecule has 3 aliphatic rings. The summed E-state index contributed by atoms with van der Waals surface area (Å²) >= 11 is 0. The summed E-state index contributed by atoms with van der Waals surface area (Å²) in [5.41, 5.74) is 8.98. The second-order valence-corrected chi connectivity index (χ2v) is 7.75. The lowest BCUT2D eigenvalue weighted by molar-refractivity contribution is 0.0674. The Morgan fingerprint density at radius 2 is 2.04 bits per heavy atom. The lowest BCUT2D eigenvalue weighted by Gasteiger charge is -2.36. The molecule has 1 aromatic carbocycles. The Balaban J connectivity index is 1.41. The van der Waals surface area contributed by atoms with Crippen LogP contribution in [0.5, 0.6) is 0 Å². The average molecular weight is 358 g/mol. The summed E-state index contributed by atoms with van der Waals surface area (Å²) in [4.78, 5) is 19.8. The van der Waals surface area contributed by atoms with Crippen LogP contribution >= 0.6 is 0 Å². The van der Waals surface area contributed by atoms with E-state index in [-0.39, 0.29) is 5.91 Å². The molecule has 0 spiro atoms. The molecule has 6 heteroatoms. The highest BCUT2D eigenvalue weighted by Gasteiger charge is 2.33. The molecule has 0 saturated carbocycles. The van der Waals surface area contributed by atoms with Crippen molar-refractivity contribution in [3.8, 4) is 0 Å². The minimum atomic E-state index is 0.215. The van der Waals surface area contributed by atoms with Crippen LogP contribution < -0.4 is 16.0 Å². The molecule has 0 bridgehead atoms. The van der Waals surface area contributed by atoms with Crippen LogP contribution in [0.1, 0.15) is 35.2 Å². The smallest absolute Gasteiger partial charge is 0.254 e. The Labute approximate surface area is 156 Å². The van der Waals surface area contributed by atoms with Crippen LogP contribution in [0.3, 0.4) is 0 Å². The number of piperazine rings is 1. The Kier molecular flexibility index (Phi) is 5.43. The second kappa shape index (κ2) is 7.94. The number of piperidine rings is 1. The Hall–Kier alpha value is -1.63. The number of hydrogen-bond donors (Lipinski definition) is 2. The number of nitrogens with two attached hydrogens (primary N) is 1. The summed E-state index contributed by atoms with van der Waals surface area (Å²) in [5.74, 6) is 0.215. The van der Waals surface area contributed by atoms with E-state index in [9.17, 15) is 4.79 Å². The molecule has 2 fully saturated rings. The molecule has 142 valence electrons. The van der Waals surface area contributed by atoms with Gasteiger partial charge in [0.2, 0.25) is 0 Å². The first-order chi connectivity index (χ1) is 12.8. The van der Waals surface area contributed by atoms with Gasteiger partial charge >= 0.3 is 0 Å². The number of carbonyl (C=O) groups excluding carboxylic acids is 1. The van der Waals surface area contributed by atoms with Gasteiger partial charge in [0.15, 0.2) is 0 Å². The van der Waals surface area contributed by atoms with Gasteiger partial charge in [-0.15, -0.1) is 0 Å². The maximum atomic E-state index is 12.8. The van der Waals surface area contributed by atoms with Crippen molar-refractivity contribution in [2.24, 2.45) is 5.73 Å². The van der Waals surface area contributed by atoms with E-state index in [0.717, 1.165) is 83.7 Å². The van der Waals surface area contributed by atoms with E-state index in [1.807, 2.05) is 6.07 Å². The number of nitrogens with zero attached hydrogens (tertiary/aromatic N) is 3. The van der Waals surface area contributed by atoms with Crippen molar-refractivity contribution in [3.63, 3.8) is 0 Å². The average Bonchev–Trinajstić information content (AvgIpc) is 3.03. The SMILES string of the molecule is NCCCN1CCN(c2ccc3c(c2)CN(C2CCCNC2)C3=O)CC1. The zero-order valence-corrected chi connectivity index (χ0v) is 15.6. The van der Waals surface area contributed by atoms with Gasteiger partial charge in [-0.1, -0.05) is 0 Å². The maximum Gasteiger partial charge on any atom is 0.254 e. The third-order valence-corrected chi connectivity index (χ3v) is 6.05. The van der Waals surface area contributed by atoms with Crippen LogP contribution in [-0.2, 0) is 6.54 Å². The van der Waals surface area contributed by atoms with E-state index >= 15 is 0 Å². The van der Waals surface area contributed by atoms with Gasteiger partial charge in [-0.05, 0) is 62.7 Å². The van der Waals surface area contributed by atoms with E-state index in [1.54, 1.807) is 0 Å². The summed E-state index contributed by atoms with van der Waals surface area (Å²) in [6.07, 6.45) is 3.35. The largest absolute Gasteiger partial charge is 0.369 e. The number of anilines is 1. The molecular weight excluding hydrogens is 326 g/mol. The van der Waals surface area contributed by atoms with Gasteiger partial charge < -0.3 is 20.9 Å². The molecule has 0 aromatic heterocycles. The van der Waals surface area contributed by atoms with E-state index in [4.69, 9.17) is 5.73 Å². The molecule has 4 rings (SSSR count). The zero-order chi connectivity index (χ0) is 17.9. The first-order valence-corrected chi connectivity index (χ1v) is 10.1. The highest BCUT2D eigenvalue weighted by Crippen LogP contribution is 2.30. The molecular formula is C20H31N5O. The van der Waals surface area contributed by atoms with Crippen molar-refractivity contribution >= 4 is 11.6 Å². The molecule has 6 nitrogen and oxygen atoms in total. The van der Waals surface area contributed by atoms with Crippen molar-refractivity contribution < 1.29 is 4.79 Å². The van der Waals surface area contributed by atoms with Crippen molar-refractivity contribution in [2.45, 2.75) is 31.8 Å². The fourth-order valence-corrected chi connectivity index (χ4v) is 4.47. The molecule has 3 heterocycles. The van der Waals surface area contributed by atoms with E-state index < -0.39 is 0 Å². The van der Waals surface area contributed by atoms with Crippen LogP contribution in [0.2, 0.25) is 0 Å². The summed E-state index contributed by atoms with van der Waals surface area (Å²) < 4.78 is 0. The lowest BCUT2D eigenvalue weighted by atomic mass is 10.1. The normalized spacial score (nSPS) is 24.2. The first kappa shape index (κ1) is 17.8. The zero-order valence-electron chi connectivity index (χ0n) is 15.6. The summed E-state index contributed by atoms with van der Waals surface area (Å²) in [7, 11) is 0. The fraction of sp³-hybridized carbons (Fsp3) is 0.650. The number of carbonyl (C=O) groups is 1. The Morgan fingerprint density at radius 3 is 2.77 bits per heavy atom. The number of hydrogen-bond acceptors (Lipinski definition) is 5. The quantitative estimate of drug-likeness (QED) is 0.819. The van der Waals surface area contributed by atoms with Gasteiger partial charge in [-0.3, -0.25) is 9.69 Å². The minimum Gasteiger partial charge on any atom is -0.369 e. The molecule has 1 amide bonds. The standard InChI is InChI=1S/C20H31N5O/c21-6-2-8-23-9-11-24(12-10-23)17-4-5-19-16(13-17)15-25(20(19)26)18-3-1-7-22-14-18/h4-5,13,18,22H,1-3,6-12,14-15,21H2. The molecule has 3 N–H and O–H groups in total. The van der Waals surface area contributed by atoms with Crippen LogP contribution in [0.25, 0.3) is 0 Å². The highest BCUT2D eigenvalue weighted by atomic mass is 16.2. The highest BCUT2D eigenvalue weighted by molar-refractivity contribution is 5.99. The lowest BCUT2D eigenvalue weighted by Crippen LogP contribution is -2.46. The number of benzene rings is 1. The van der Waals surface area contributed by atoms with E-state index in [0.29, 0.717) is 6.04 Å². The fourth-order valence-electron chi connectivity index (χ4n) is 4.47. The van der Waals surface area contributed by atoms with Gasteiger partial charge in [-0.2, -0.15) is 0 Å². The summed E-state index contributed by atoms with van der Waals surface area (Å²) in [6.45, 7) is 8.93. The molecule has 1 aromatic rings. The Morgan fingerprint density at radius 1 is 1.19 bits per heavy atom. The Bertz CT molecular complexity index is 635. The predicted molar refractivity (Wildman–Crippen MR) is 105 cm³/mol. The van der Waals surface area contributed by atoms with Crippen molar-refractivity contribution in [2.75, 3.05) is 57.3 Å². The molecule has 1 unspecified atom stereocenters. The maximum absolute atomic E-state index is 12.8. The van der Waals surface area contributed by atoms with Gasteiger partial charge in [0.05, 0.1) is 0 Å². The number of rotatable bonds is 5. The first-order valence-electron chi connectivity index (χ1n) is 10.1. The molecule has 3 aliphatic heterocycles. The van der Waals surface area contributed by atoms with Crippen molar-refractivity contribution in [1.82, 2.24) is 15.1 Å². The van der Waals surface area contributed by atoms with E-state index in [2.05, 4.69) is 32.1 Å². The van der Waals surface area contributed by atoms with Crippen LogP contribution in [0, 0.1) is 0 Å². The van der Waals surface area contributed by atoms with Gasteiger partial charge in [0.25, 0.3) is 5.91 Å². The third-order valence-electron chi connectivity index (χ3n) is 6.05. The molecule has 0 aliphatic carbocycles. The third kappa shape index (κ3) is 3.59. The van der Waals surface area contributed by atoms with Crippen LogP contribution in [-0.4, -0.2) is 74.1 Å². The van der Waals surface area contributed by atoms with Crippen molar-refractivity contribution in [3.05, 3.63) is 29.3 Å². The molecule has 0 radical (unpaired) electrons. The molecule has 2 saturated heterocycles. The molecule has 26 heavy (non-hydrogen) atoms. The number of amides is 1. The summed E-state index contributed by atoms with van der Waals surface area (Å²) in [5, 5.41) is 3.43. The second-order valence-electron chi connectivity index (χ2n) is 7.75. The van der Waals surface area contributed by atoms with E-state index in [1.165, 1.54) is 11.3 Å². The number of nitrogens with one attached hydrogen (secondary N) is 1. The van der Waals surface area contributed by atoms with Crippen LogP contribution in [0.15, 0.2) is 18.2 Å². The number of fused-ring (bicyclic) bond motifs is 1. The van der Waals surface area contributed by atoms with Crippen molar-refractivity contribution in [1.29, 1.82) is 0 Å². The van der Waals surface area contributed by atoms with Gasteiger partial charge in [-0.25, -0.2) is 0 Å². The monoisotopic (exact) mass is 357 g/mol. The van der Waals surface area contributed by atoms with Crippen LogP contribution in [0.4, 0.5) is 5.69 Å².